The van der Waals surface area contributed by atoms with Gasteiger partial charge in [-0.1, -0.05) is 36.4 Å². The number of carboxylic acids is 1. The van der Waals surface area contributed by atoms with Crippen molar-refractivity contribution in [3.05, 3.63) is 65.2 Å². The molecular formula is C18H14O5. The van der Waals surface area contributed by atoms with Crippen LogP contribution < -0.4 is 4.74 Å². The van der Waals surface area contributed by atoms with Crippen molar-refractivity contribution in [2.24, 2.45) is 0 Å². The second-order valence-corrected chi connectivity index (χ2v) is 5.73. The molecule has 2 atom stereocenters. The number of ether oxygens (including phenoxy) is 2. The molecule has 116 valence electrons. The van der Waals surface area contributed by atoms with E-state index in [1.54, 1.807) is 36.4 Å². The highest BCUT2D eigenvalue weighted by molar-refractivity contribution is 6.26. The van der Waals surface area contributed by atoms with Crippen LogP contribution in [0.5, 0.6) is 5.75 Å². The molecule has 0 amide bonds. The lowest BCUT2D eigenvalue weighted by atomic mass is 9.98. The average Bonchev–Trinajstić information content (AvgIpc) is 2.94. The van der Waals surface area contributed by atoms with Gasteiger partial charge in [-0.15, -0.1) is 0 Å². The minimum atomic E-state index is -1.83. The van der Waals surface area contributed by atoms with Crippen LogP contribution in [-0.4, -0.2) is 22.5 Å². The van der Waals surface area contributed by atoms with Crippen LogP contribution >= 0.6 is 0 Å². The predicted molar refractivity (Wildman–Crippen MR) is 80.1 cm³/mol. The fourth-order valence-corrected chi connectivity index (χ4v) is 3.20. The van der Waals surface area contributed by atoms with E-state index in [0.29, 0.717) is 24.5 Å². The molecule has 2 aromatic carbocycles. The molecule has 0 spiro atoms. The van der Waals surface area contributed by atoms with Gasteiger partial charge >= 0.3 is 5.97 Å². The third-order valence-corrected chi connectivity index (χ3v) is 4.42. The Balaban J connectivity index is 1.74. The third-order valence-electron chi connectivity index (χ3n) is 4.42. The van der Waals surface area contributed by atoms with E-state index in [0.717, 1.165) is 11.1 Å². The lowest BCUT2D eigenvalue weighted by Gasteiger charge is -2.14. The van der Waals surface area contributed by atoms with Gasteiger partial charge in [-0.05, 0) is 28.8 Å². The standard InChI is InChI=1S/C18H14O5/c19-16-15(13-8-4-5-11-9-22-10-14(11)13)18(16,17(20)21)23-12-6-2-1-3-7-12/h1-8,15H,9-10H2,(H,20,21). The second kappa shape index (κ2) is 4.93. The van der Waals surface area contributed by atoms with Gasteiger partial charge in [0.05, 0.1) is 13.2 Å². The lowest BCUT2D eigenvalue weighted by Crippen LogP contribution is -2.33. The Kier molecular flexibility index (Phi) is 2.99. The SMILES string of the molecule is O=C(O)C1(Oc2ccccc2)C(=O)C1c1cccc2c1COC2. The fraction of sp³-hybridized carbons (Fsp3) is 0.222. The van der Waals surface area contributed by atoms with Crippen molar-refractivity contribution in [1.29, 1.82) is 0 Å². The summed E-state index contributed by atoms with van der Waals surface area (Å²) in [4.78, 5) is 24.2. The zero-order valence-corrected chi connectivity index (χ0v) is 12.2. The van der Waals surface area contributed by atoms with Crippen molar-refractivity contribution >= 4 is 11.8 Å². The molecule has 1 fully saturated rings. The number of para-hydroxylation sites is 1. The Labute approximate surface area is 132 Å². The molecule has 2 aromatic rings. The third kappa shape index (κ3) is 1.97. The maximum atomic E-state index is 12.4. The molecule has 0 saturated heterocycles. The van der Waals surface area contributed by atoms with Crippen LogP contribution in [0.2, 0.25) is 0 Å². The molecule has 0 bridgehead atoms. The van der Waals surface area contributed by atoms with Crippen LogP contribution in [0.1, 0.15) is 22.6 Å². The molecular weight excluding hydrogens is 296 g/mol. The minimum Gasteiger partial charge on any atom is -0.478 e. The van der Waals surface area contributed by atoms with Gasteiger partial charge in [0.1, 0.15) is 11.7 Å². The highest BCUT2D eigenvalue weighted by Crippen LogP contribution is 2.52. The molecule has 0 aromatic heterocycles. The van der Waals surface area contributed by atoms with Crippen LogP contribution in [0.25, 0.3) is 0 Å². The minimum absolute atomic E-state index is 0.370. The highest BCUT2D eigenvalue weighted by atomic mass is 16.5. The first kappa shape index (κ1) is 14.0. The molecule has 2 unspecified atom stereocenters. The normalized spacial score (nSPS) is 25.0. The summed E-state index contributed by atoms with van der Waals surface area (Å²) in [7, 11) is 0. The summed E-state index contributed by atoms with van der Waals surface area (Å²) in [5.41, 5.74) is 0.772. The van der Waals surface area contributed by atoms with Crippen LogP contribution in [0.15, 0.2) is 48.5 Å². The van der Waals surface area contributed by atoms with Gasteiger partial charge in [0.25, 0.3) is 5.60 Å². The molecule has 1 saturated carbocycles. The van der Waals surface area contributed by atoms with E-state index >= 15 is 0 Å². The Morgan fingerprint density at radius 1 is 1.13 bits per heavy atom. The van der Waals surface area contributed by atoms with Gasteiger partial charge in [0.15, 0.2) is 0 Å². The van der Waals surface area contributed by atoms with E-state index in [1.807, 2.05) is 12.1 Å². The molecule has 2 aliphatic rings. The van der Waals surface area contributed by atoms with Gasteiger partial charge in [-0.2, -0.15) is 0 Å². The van der Waals surface area contributed by atoms with E-state index in [2.05, 4.69) is 0 Å². The van der Waals surface area contributed by atoms with Crippen LogP contribution in [0, 0.1) is 0 Å². The predicted octanol–water partition coefficient (Wildman–Crippen LogP) is 2.29. The zero-order valence-electron chi connectivity index (χ0n) is 12.2. The molecule has 1 aliphatic carbocycles. The maximum absolute atomic E-state index is 12.4. The van der Waals surface area contributed by atoms with E-state index in [4.69, 9.17) is 9.47 Å². The molecule has 0 radical (unpaired) electrons. The largest absolute Gasteiger partial charge is 0.478 e. The lowest BCUT2D eigenvalue weighted by molar-refractivity contribution is -0.149. The quantitative estimate of drug-likeness (QED) is 0.877. The number of rotatable bonds is 4. The van der Waals surface area contributed by atoms with Crippen LogP contribution in [-0.2, 0) is 27.5 Å². The topological polar surface area (TPSA) is 72.8 Å². The molecule has 5 heteroatoms. The van der Waals surface area contributed by atoms with Gasteiger partial charge in [0, 0.05) is 0 Å². The van der Waals surface area contributed by atoms with Crippen molar-refractivity contribution in [2.75, 3.05) is 0 Å². The summed E-state index contributed by atoms with van der Waals surface area (Å²) in [6.45, 7) is 0.889. The Hall–Kier alpha value is -2.66. The smallest absolute Gasteiger partial charge is 0.357 e. The van der Waals surface area contributed by atoms with E-state index in [9.17, 15) is 14.7 Å². The molecule has 1 aliphatic heterocycles. The Morgan fingerprint density at radius 2 is 1.91 bits per heavy atom. The number of aliphatic carboxylic acids is 1. The molecule has 1 heterocycles. The van der Waals surface area contributed by atoms with E-state index < -0.39 is 23.3 Å². The first-order valence-electron chi connectivity index (χ1n) is 7.35. The number of carbonyl (C=O) groups excluding carboxylic acids is 1. The summed E-state index contributed by atoms with van der Waals surface area (Å²) in [6, 6.07) is 14.1. The number of fused-ring (bicyclic) bond motifs is 1. The summed E-state index contributed by atoms with van der Waals surface area (Å²) < 4.78 is 11.0. The molecule has 5 nitrogen and oxygen atoms in total. The van der Waals surface area contributed by atoms with Crippen molar-refractivity contribution in [2.45, 2.75) is 24.7 Å². The van der Waals surface area contributed by atoms with Crippen molar-refractivity contribution < 1.29 is 24.2 Å². The number of carboxylic acid groups (broad SMARTS) is 1. The summed E-state index contributed by atoms with van der Waals surface area (Å²) >= 11 is 0. The maximum Gasteiger partial charge on any atom is 0.357 e. The van der Waals surface area contributed by atoms with Crippen molar-refractivity contribution in [3.8, 4) is 5.75 Å². The number of benzene rings is 2. The van der Waals surface area contributed by atoms with Crippen molar-refractivity contribution in [3.63, 3.8) is 0 Å². The van der Waals surface area contributed by atoms with E-state index in [1.165, 1.54) is 0 Å². The number of hydrogen-bond acceptors (Lipinski definition) is 4. The van der Waals surface area contributed by atoms with Gasteiger partial charge < -0.3 is 14.6 Å². The second-order valence-electron chi connectivity index (χ2n) is 5.73. The summed E-state index contributed by atoms with van der Waals surface area (Å²) in [5, 5.41) is 9.64. The van der Waals surface area contributed by atoms with Gasteiger partial charge in [-0.3, -0.25) is 4.79 Å². The van der Waals surface area contributed by atoms with Crippen molar-refractivity contribution in [1.82, 2.24) is 0 Å². The first-order chi connectivity index (χ1) is 11.1. The van der Waals surface area contributed by atoms with E-state index in [-0.39, 0.29) is 0 Å². The van der Waals surface area contributed by atoms with Gasteiger partial charge in [0.2, 0.25) is 5.78 Å². The van der Waals surface area contributed by atoms with Crippen LogP contribution in [0.3, 0.4) is 0 Å². The number of hydrogen-bond donors (Lipinski definition) is 1. The zero-order chi connectivity index (χ0) is 16.0. The summed E-state index contributed by atoms with van der Waals surface area (Å²) in [6.07, 6.45) is 0. The van der Waals surface area contributed by atoms with Crippen LogP contribution in [0.4, 0.5) is 0 Å². The number of carbonyl (C=O) groups is 2. The number of ketones is 1. The monoisotopic (exact) mass is 310 g/mol. The first-order valence-corrected chi connectivity index (χ1v) is 7.35. The fourth-order valence-electron chi connectivity index (χ4n) is 3.20. The van der Waals surface area contributed by atoms with Gasteiger partial charge in [-0.25, -0.2) is 4.79 Å². The average molecular weight is 310 g/mol. The molecule has 4 rings (SSSR count). The molecule has 23 heavy (non-hydrogen) atoms. The Morgan fingerprint density at radius 3 is 2.65 bits per heavy atom. The Bertz CT molecular complexity index is 798. The highest BCUT2D eigenvalue weighted by Gasteiger charge is 2.75. The summed E-state index contributed by atoms with van der Waals surface area (Å²) in [5.74, 6) is -2.10. The number of Topliss-reactive ketones (excluding diaryl/α,β-unsaturated/α-hetero) is 1. The molecule has 1 N–H and O–H groups in total.